The van der Waals surface area contributed by atoms with Crippen LogP contribution < -0.4 is 15.4 Å². The number of hydrogen-bond acceptors (Lipinski definition) is 5. The van der Waals surface area contributed by atoms with Crippen LogP contribution in [0.3, 0.4) is 0 Å². The molecule has 2 fully saturated rings. The van der Waals surface area contributed by atoms with Crippen LogP contribution >= 0.6 is 35.3 Å². The summed E-state index contributed by atoms with van der Waals surface area (Å²) < 4.78 is 5.80. The third-order valence-corrected chi connectivity index (χ3v) is 6.96. The van der Waals surface area contributed by atoms with Gasteiger partial charge in [0.15, 0.2) is 5.96 Å². The van der Waals surface area contributed by atoms with Crippen LogP contribution in [0.25, 0.3) is 0 Å². The van der Waals surface area contributed by atoms with Gasteiger partial charge in [-0.3, -0.25) is 9.89 Å². The number of halogens is 1. The van der Waals surface area contributed by atoms with Crippen molar-refractivity contribution >= 4 is 41.3 Å². The van der Waals surface area contributed by atoms with E-state index in [0.717, 1.165) is 30.6 Å². The minimum absolute atomic E-state index is 0. The molecule has 2 aliphatic rings. The van der Waals surface area contributed by atoms with E-state index in [4.69, 9.17) is 4.74 Å². The van der Waals surface area contributed by atoms with Crippen LogP contribution in [0.15, 0.2) is 40.8 Å². The molecule has 4 rings (SSSR count). The lowest BCUT2D eigenvalue weighted by Gasteiger charge is -2.39. The maximum absolute atomic E-state index is 5.80. The second kappa shape index (κ2) is 12.0. The van der Waals surface area contributed by atoms with E-state index in [1.165, 1.54) is 37.1 Å². The summed E-state index contributed by atoms with van der Waals surface area (Å²) >= 11 is 1.86. The molecule has 2 aromatic heterocycles. The summed E-state index contributed by atoms with van der Waals surface area (Å²) in [5.41, 5.74) is 1.15. The van der Waals surface area contributed by atoms with Gasteiger partial charge in [0.2, 0.25) is 5.88 Å². The molecule has 1 aliphatic carbocycles. The zero-order valence-corrected chi connectivity index (χ0v) is 21.6. The van der Waals surface area contributed by atoms with Crippen LogP contribution in [0.4, 0.5) is 0 Å². The van der Waals surface area contributed by atoms with Crippen molar-refractivity contribution in [2.24, 2.45) is 16.8 Å². The number of aromatic nitrogens is 1. The molecule has 2 aromatic rings. The highest BCUT2D eigenvalue weighted by Gasteiger charge is 2.31. The first kappa shape index (κ1) is 24.3. The van der Waals surface area contributed by atoms with Crippen LogP contribution in [0.1, 0.15) is 42.2 Å². The monoisotopic (exact) mass is 555 g/mol. The molecule has 0 bridgehead atoms. The number of nitrogens with zero attached hydrogens (tertiary/aromatic N) is 3. The van der Waals surface area contributed by atoms with Crippen LogP contribution in [0.5, 0.6) is 5.88 Å². The number of thiophene rings is 1. The molecule has 1 aliphatic heterocycles. The molecule has 2 atom stereocenters. The molecular formula is C23H34IN5OS. The second-order valence-corrected chi connectivity index (χ2v) is 9.39. The predicted octanol–water partition coefficient (Wildman–Crippen LogP) is 4.30. The van der Waals surface area contributed by atoms with Gasteiger partial charge in [0.05, 0.1) is 6.61 Å². The molecule has 2 N–H and O–H groups in total. The van der Waals surface area contributed by atoms with E-state index in [0.29, 0.717) is 24.4 Å². The smallest absolute Gasteiger partial charge is 0.213 e. The standard InChI is InChI=1S/C23H33N5OS.HI/c1-24-23(26-14-18-9-10-25-21(13-18)29-16-17-7-8-17)27-15-19-5-3-11-28(2)22(19)20-6-4-12-30-20;/h4,6,9-10,12-13,17,19,22H,3,5,7-8,11,14-16H2,1-2H3,(H2,24,26,27);1H. The number of piperidine rings is 1. The lowest BCUT2D eigenvalue weighted by molar-refractivity contribution is 0.125. The Hall–Kier alpha value is -1.39. The Balaban J connectivity index is 0.00000272. The van der Waals surface area contributed by atoms with Gasteiger partial charge in [-0.05, 0) is 74.2 Å². The average Bonchev–Trinajstić information content (AvgIpc) is 3.45. The first-order chi connectivity index (χ1) is 14.7. The molecular weight excluding hydrogens is 521 g/mol. The molecule has 1 saturated carbocycles. The van der Waals surface area contributed by atoms with Crippen LogP contribution in [-0.2, 0) is 6.54 Å². The summed E-state index contributed by atoms with van der Waals surface area (Å²) in [5.74, 6) is 2.86. The minimum atomic E-state index is 0. The molecule has 0 radical (unpaired) electrons. The molecule has 31 heavy (non-hydrogen) atoms. The highest BCUT2D eigenvalue weighted by Crippen LogP contribution is 2.36. The fourth-order valence-electron chi connectivity index (χ4n) is 4.14. The number of rotatable bonds is 8. The van der Waals surface area contributed by atoms with Crippen LogP contribution in [0.2, 0.25) is 0 Å². The number of pyridine rings is 1. The number of aliphatic imine (C=N–C) groups is 1. The van der Waals surface area contributed by atoms with Gasteiger partial charge in [-0.15, -0.1) is 35.3 Å². The van der Waals surface area contributed by atoms with Gasteiger partial charge in [0.25, 0.3) is 0 Å². The van der Waals surface area contributed by atoms with Crippen LogP contribution in [0, 0.1) is 11.8 Å². The highest BCUT2D eigenvalue weighted by molar-refractivity contribution is 14.0. The third kappa shape index (κ3) is 7.05. The zero-order valence-electron chi connectivity index (χ0n) is 18.4. The Morgan fingerprint density at radius 3 is 2.90 bits per heavy atom. The van der Waals surface area contributed by atoms with Crippen molar-refractivity contribution in [1.29, 1.82) is 0 Å². The fraction of sp³-hybridized carbons (Fsp3) is 0.565. The SMILES string of the molecule is CN=C(NCc1ccnc(OCC2CC2)c1)NCC1CCCN(C)C1c1cccs1.I. The molecule has 3 heterocycles. The number of nitrogens with one attached hydrogen (secondary N) is 2. The molecule has 0 aromatic carbocycles. The molecule has 2 unspecified atom stereocenters. The first-order valence-corrected chi connectivity index (χ1v) is 11.9. The van der Waals surface area contributed by atoms with Gasteiger partial charge in [0.1, 0.15) is 0 Å². The van der Waals surface area contributed by atoms with E-state index in [1.54, 1.807) is 0 Å². The summed E-state index contributed by atoms with van der Waals surface area (Å²) in [6.07, 6.45) is 6.88. The van der Waals surface area contributed by atoms with Gasteiger partial charge in [-0.1, -0.05) is 6.07 Å². The lowest BCUT2D eigenvalue weighted by atomic mass is 9.88. The molecule has 1 saturated heterocycles. The third-order valence-electron chi connectivity index (χ3n) is 6.02. The molecule has 0 amide bonds. The number of likely N-dealkylation sites (tertiary alicyclic amines) is 1. The molecule has 170 valence electrons. The molecule has 0 spiro atoms. The van der Waals surface area contributed by atoms with E-state index < -0.39 is 0 Å². The Labute approximate surface area is 206 Å². The summed E-state index contributed by atoms with van der Waals surface area (Å²) in [4.78, 5) is 12.7. The van der Waals surface area contributed by atoms with Crippen molar-refractivity contribution in [3.63, 3.8) is 0 Å². The first-order valence-electron chi connectivity index (χ1n) is 11.0. The normalized spacial score (nSPS) is 21.9. The number of hydrogen-bond donors (Lipinski definition) is 2. The second-order valence-electron chi connectivity index (χ2n) is 8.41. The van der Waals surface area contributed by atoms with Gasteiger partial charge in [0, 0.05) is 43.3 Å². The van der Waals surface area contributed by atoms with E-state index in [2.05, 4.69) is 50.1 Å². The quantitative estimate of drug-likeness (QED) is 0.289. The Morgan fingerprint density at radius 2 is 2.16 bits per heavy atom. The van der Waals surface area contributed by atoms with Crippen molar-refractivity contribution in [2.75, 3.05) is 33.8 Å². The maximum atomic E-state index is 5.80. The van der Waals surface area contributed by atoms with Crippen molar-refractivity contribution in [3.05, 3.63) is 46.3 Å². The predicted molar refractivity (Wildman–Crippen MR) is 138 cm³/mol. The van der Waals surface area contributed by atoms with Gasteiger partial charge in [-0.2, -0.15) is 0 Å². The van der Waals surface area contributed by atoms with E-state index in [-0.39, 0.29) is 24.0 Å². The van der Waals surface area contributed by atoms with Gasteiger partial charge >= 0.3 is 0 Å². The lowest BCUT2D eigenvalue weighted by Crippen LogP contribution is -2.44. The van der Waals surface area contributed by atoms with Crippen molar-refractivity contribution in [3.8, 4) is 5.88 Å². The topological polar surface area (TPSA) is 61.8 Å². The minimum Gasteiger partial charge on any atom is -0.477 e. The highest BCUT2D eigenvalue weighted by atomic mass is 127. The summed E-state index contributed by atoms with van der Waals surface area (Å²) in [6, 6.07) is 8.95. The summed E-state index contributed by atoms with van der Waals surface area (Å²) in [7, 11) is 4.08. The Morgan fingerprint density at radius 1 is 1.29 bits per heavy atom. The maximum Gasteiger partial charge on any atom is 0.213 e. The van der Waals surface area contributed by atoms with Crippen molar-refractivity contribution in [2.45, 2.75) is 38.3 Å². The largest absolute Gasteiger partial charge is 0.477 e. The van der Waals surface area contributed by atoms with E-state index in [1.807, 2.05) is 36.7 Å². The fourth-order valence-corrected chi connectivity index (χ4v) is 5.13. The van der Waals surface area contributed by atoms with Crippen LogP contribution in [-0.4, -0.2) is 49.6 Å². The molecule has 8 heteroatoms. The Kier molecular flexibility index (Phi) is 9.40. The summed E-state index contributed by atoms with van der Waals surface area (Å²) in [5, 5.41) is 9.17. The average molecular weight is 556 g/mol. The van der Waals surface area contributed by atoms with E-state index >= 15 is 0 Å². The van der Waals surface area contributed by atoms with Crippen molar-refractivity contribution in [1.82, 2.24) is 20.5 Å². The summed E-state index contributed by atoms with van der Waals surface area (Å²) in [6.45, 7) is 3.56. The van der Waals surface area contributed by atoms with Gasteiger partial charge in [-0.25, -0.2) is 4.98 Å². The Bertz CT molecular complexity index is 827. The van der Waals surface area contributed by atoms with E-state index in [9.17, 15) is 0 Å². The molecule has 6 nitrogen and oxygen atoms in total. The van der Waals surface area contributed by atoms with Gasteiger partial charge < -0.3 is 15.4 Å². The number of ether oxygens (including phenoxy) is 1. The zero-order chi connectivity index (χ0) is 20.8. The number of guanidine groups is 1. The van der Waals surface area contributed by atoms with Crippen molar-refractivity contribution < 1.29 is 4.74 Å².